The van der Waals surface area contributed by atoms with E-state index >= 15 is 0 Å². The van der Waals surface area contributed by atoms with Gasteiger partial charge in [0.1, 0.15) is 18.3 Å². The Hall–Kier alpha value is -3.56. The first-order valence-corrected chi connectivity index (χ1v) is 13.5. The van der Waals surface area contributed by atoms with Gasteiger partial charge in [0.15, 0.2) is 0 Å². The van der Waals surface area contributed by atoms with Crippen LogP contribution in [-0.4, -0.2) is 51.4 Å². The van der Waals surface area contributed by atoms with Gasteiger partial charge >= 0.3 is 0 Å². The number of likely N-dealkylation sites (N-methyl/N-ethyl adjacent to an activating group) is 1. The smallest absolute Gasteiger partial charge is 0.264 e. The van der Waals surface area contributed by atoms with Crippen LogP contribution in [-0.2, 0) is 26.2 Å². The molecule has 0 unspecified atom stereocenters. The van der Waals surface area contributed by atoms with Crippen LogP contribution in [0.4, 0.5) is 5.69 Å². The van der Waals surface area contributed by atoms with Crippen LogP contribution in [0.2, 0.25) is 5.02 Å². The molecule has 0 heterocycles. The zero-order valence-electron chi connectivity index (χ0n) is 20.9. The highest BCUT2D eigenvalue weighted by Gasteiger charge is 2.32. The maximum atomic E-state index is 13.7. The molecule has 0 aliphatic carbocycles. The van der Waals surface area contributed by atoms with Crippen LogP contribution in [0.15, 0.2) is 83.8 Å². The molecule has 8 nitrogen and oxygen atoms in total. The fraction of sp³-hybridized carbons (Fsp3) is 0.259. The van der Waals surface area contributed by atoms with E-state index in [2.05, 4.69) is 5.32 Å². The first-order valence-electron chi connectivity index (χ1n) is 11.7. The number of sulfonamides is 1. The molecule has 3 rings (SSSR count). The van der Waals surface area contributed by atoms with E-state index in [1.807, 2.05) is 6.92 Å². The van der Waals surface area contributed by atoms with Crippen molar-refractivity contribution >= 4 is 39.1 Å². The van der Waals surface area contributed by atoms with Gasteiger partial charge in [0.2, 0.25) is 11.8 Å². The standard InChI is InChI=1S/C27H30ClN3O5S/c1-4-36-24-16-14-23(15-17-24)31(37(34,35)25-8-6-5-7-9-25)19-26(32)30(20(2)27(33)29-3)18-21-10-12-22(28)13-11-21/h5-17,20H,4,18-19H2,1-3H3,(H,29,33)/t20-/m1/s1. The second-order valence-corrected chi connectivity index (χ2v) is 10.5. The summed E-state index contributed by atoms with van der Waals surface area (Å²) in [6.07, 6.45) is 0. The minimum atomic E-state index is -4.11. The van der Waals surface area contributed by atoms with Gasteiger partial charge in [-0.05, 0) is 67.9 Å². The number of hydrogen-bond acceptors (Lipinski definition) is 5. The second-order valence-electron chi connectivity index (χ2n) is 8.19. The van der Waals surface area contributed by atoms with E-state index < -0.39 is 28.5 Å². The van der Waals surface area contributed by atoms with Crippen LogP contribution in [0.5, 0.6) is 5.75 Å². The van der Waals surface area contributed by atoms with Gasteiger partial charge in [0.05, 0.1) is 17.2 Å². The van der Waals surface area contributed by atoms with Crippen molar-refractivity contribution in [2.75, 3.05) is 24.5 Å². The summed E-state index contributed by atoms with van der Waals surface area (Å²) in [6, 6.07) is 20.4. The van der Waals surface area contributed by atoms with Crippen molar-refractivity contribution in [3.05, 3.63) is 89.4 Å². The summed E-state index contributed by atoms with van der Waals surface area (Å²) in [6.45, 7) is 3.48. The minimum Gasteiger partial charge on any atom is -0.494 e. The van der Waals surface area contributed by atoms with Gasteiger partial charge in [0, 0.05) is 18.6 Å². The third kappa shape index (κ3) is 7.02. The maximum absolute atomic E-state index is 13.7. The largest absolute Gasteiger partial charge is 0.494 e. The quantitative estimate of drug-likeness (QED) is 0.393. The van der Waals surface area contributed by atoms with Gasteiger partial charge in [-0.1, -0.05) is 41.9 Å². The lowest BCUT2D eigenvalue weighted by molar-refractivity contribution is -0.139. The lowest BCUT2D eigenvalue weighted by Crippen LogP contribution is -2.50. The van der Waals surface area contributed by atoms with E-state index in [1.165, 1.54) is 24.1 Å². The van der Waals surface area contributed by atoms with Crippen LogP contribution in [0.25, 0.3) is 0 Å². The number of rotatable bonds is 11. The molecule has 0 spiro atoms. The third-order valence-corrected chi connectivity index (χ3v) is 7.77. The fourth-order valence-electron chi connectivity index (χ4n) is 3.70. The van der Waals surface area contributed by atoms with Crippen LogP contribution in [0.1, 0.15) is 19.4 Å². The number of hydrogen-bond donors (Lipinski definition) is 1. The van der Waals surface area contributed by atoms with E-state index in [9.17, 15) is 18.0 Å². The molecule has 0 aliphatic rings. The Labute approximate surface area is 222 Å². The first kappa shape index (κ1) is 28.0. The first-order chi connectivity index (χ1) is 17.7. The summed E-state index contributed by atoms with van der Waals surface area (Å²) in [7, 11) is -2.63. The normalized spacial score (nSPS) is 11.9. The van der Waals surface area contributed by atoms with E-state index in [0.717, 1.165) is 9.87 Å². The molecule has 0 radical (unpaired) electrons. The Morgan fingerprint density at radius 1 is 0.973 bits per heavy atom. The molecule has 1 N–H and O–H groups in total. The van der Waals surface area contributed by atoms with Gasteiger partial charge in [-0.2, -0.15) is 0 Å². The van der Waals surface area contributed by atoms with E-state index in [4.69, 9.17) is 16.3 Å². The Balaban J connectivity index is 2.01. The highest BCUT2D eigenvalue weighted by Crippen LogP contribution is 2.26. The predicted molar refractivity (Wildman–Crippen MR) is 144 cm³/mol. The van der Waals surface area contributed by atoms with Crippen molar-refractivity contribution in [2.45, 2.75) is 31.3 Å². The Bertz CT molecular complexity index is 1300. The van der Waals surface area contributed by atoms with Gasteiger partial charge in [-0.15, -0.1) is 0 Å². The van der Waals surface area contributed by atoms with Crippen LogP contribution < -0.4 is 14.4 Å². The highest BCUT2D eigenvalue weighted by atomic mass is 35.5. The zero-order chi connectivity index (χ0) is 27.0. The zero-order valence-corrected chi connectivity index (χ0v) is 22.5. The number of ether oxygens (including phenoxy) is 1. The lowest BCUT2D eigenvalue weighted by Gasteiger charge is -2.31. The van der Waals surface area contributed by atoms with Gasteiger partial charge < -0.3 is 15.0 Å². The van der Waals surface area contributed by atoms with Crippen molar-refractivity contribution in [1.29, 1.82) is 0 Å². The molecule has 0 fully saturated rings. The van der Waals surface area contributed by atoms with Gasteiger partial charge in [-0.25, -0.2) is 8.42 Å². The number of benzene rings is 3. The molecule has 0 saturated heterocycles. The number of halogens is 1. The predicted octanol–water partition coefficient (Wildman–Crippen LogP) is 4.10. The topological polar surface area (TPSA) is 96.0 Å². The summed E-state index contributed by atoms with van der Waals surface area (Å²) in [5, 5.41) is 3.09. The van der Waals surface area contributed by atoms with Gasteiger partial charge in [0.25, 0.3) is 10.0 Å². The van der Waals surface area contributed by atoms with Crippen molar-refractivity contribution in [2.24, 2.45) is 0 Å². The van der Waals surface area contributed by atoms with Crippen molar-refractivity contribution < 1.29 is 22.7 Å². The number of carbonyl (C=O) groups is 2. The lowest BCUT2D eigenvalue weighted by atomic mass is 10.1. The summed E-state index contributed by atoms with van der Waals surface area (Å²) < 4.78 is 33.9. The summed E-state index contributed by atoms with van der Waals surface area (Å²) in [4.78, 5) is 27.6. The molecule has 0 aromatic heterocycles. The number of nitrogens with one attached hydrogen (secondary N) is 1. The highest BCUT2D eigenvalue weighted by molar-refractivity contribution is 7.92. The fourth-order valence-corrected chi connectivity index (χ4v) is 5.26. The Kier molecular flexibility index (Phi) is 9.54. The molecule has 37 heavy (non-hydrogen) atoms. The van der Waals surface area contributed by atoms with Crippen LogP contribution >= 0.6 is 11.6 Å². The van der Waals surface area contributed by atoms with Crippen molar-refractivity contribution in [3.8, 4) is 5.75 Å². The second kappa shape index (κ2) is 12.6. The molecule has 10 heteroatoms. The molecular weight excluding hydrogens is 514 g/mol. The molecule has 0 aliphatic heterocycles. The number of carbonyl (C=O) groups excluding carboxylic acids is 2. The average Bonchev–Trinajstić information content (AvgIpc) is 2.91. The molecule has 2 amide bonds. The van der Waals surface area contributed by atoms with Crippen LogP contribution in [0.3, 0.4) is 0 Å². The summed E-state index contributed by atoms with van der Waals surface area (Å²) in [5.74, 6) is -0.340. The van der Waals surface area contributed by atoms with E-state index in [0.29, 0.717) is 23.1 Å². The van der Waals surface area contributed by atoms with Gasteiger partial charge in [-0.3, -0.25) is 13.9 Å². The van der Waals surface area contributed by atoms with Crippen LogP contribution in [0, 0.1) is 0 Å². The molecule has 3 aromatic carbocycles. The average molecular weight is 544 g/mol. The minimum absolute atomic E-state index is 0.0419. The molecule has 0 bridgehead atoms. The van der Waals surface area contributed by atoms with E-state index in [-0.39, 0.29) is 17.3 Å². The maximum Gasteiger partial charge on any atom is 0.264 e. The third-order valence-electron chi connectivity index (χ3n) is 5.73. The monoisotopic (exact) mass is 543 g/mol. The SMILES string of the molecule is CCOc1ccc(N(CC(=O)N(Cc2ccc(Cl)cc2)[C@H](C)C(=O)NC)S(=O)(=O)c2ccccc2)cc1. The van der Waals surface area contributed by atoms with E-state index in [1.54, 1.807) is 73.7 Å². The molecule has 196 valence electrons. The Morgan fingerprint density at radius 3 is 2.16 bits per heavy atom. The summed E-state index contributed by atoms with van der Waals surface area (Å²) in [5.41, 5.74) is 1.03. The molecule has 3 aromatic rings. The van der Waals surface area contributed by atoms with Crippen molar-refractivity contribution in [3.63, 3.8) is 0 Å². The molecule has 0 saturated carbocycles. The summed E-state index contributed by atoms with van der Waals surface area (Å²) >= 11 is 6.00. The molecular formula is C27H30ClN3O5S. The Morgan fingerprint density at radius 2 is 1.59 bits per heavy atom. The number of nitrogens with zero attached hydrogens (tertiary/aromatic N) is 2. The van der Waals surface area contributed by atoms with Crippen molar-refractivity contribution in [1.82, 2.24) is 10.2 Å². The molecule has 1 atom stereocenters. The number of amides is 2. The number of anilines is 1.